The first-order chi connectivity index (χ1) is 11.2. The maximum atomic E-state index is 5.45. The number of hydrogen-bond donors (Lipinski definition) is 0. The van der Waals surface area contributed by atoms with Crippen LogP contribution in [0.4, 0.5) is 0 Å². The molecule has 0 saturated heterocycles. The number of thioether (sulfide) groups is 1. The van der Waals surface area contributed by atoms with Gasteiger partial charge in [-0.1, -0.05) is 23.4 Å². The molecular formula is C17H19N3OS2. The Balaban J connectivity index is 1.68. The third kappa shape index (κ3) is 3.83. The highest BCUT2D eigenvalue weighted by atomic mass is 32.2. The molecule has 1 aromatic carbocycles. The summed E-state index contributed by atoms with van der Waals surface area (Å²) in [6, 6.07) is 12.7. The zero-order valence-corrected chi connectivity index (χ0v) is 15.0. The topological polar surface area (TPSA) is 42.2 Å². The highest BCUT2D eigenvalue weighted by Gasteiger charge is 2.19. The van der Waals surface area contributed by atoms with Crippen LogP contribution in [0.15, 0.2) is 51.2 Å². The summed E-state index contributed by atoms with van der Waals surface area (Å²) in [5.41, 5.74) is 1.27. The van der Waals surface area contributed by atoms with Crippen molar-refractivity contribution in [1.82, 2.24) is 15.0 Å². The molecule has 120 valence electrons. The van der Waals surface area contributed by atoms with Gasteiger partial charge in [-0.3, -0.25) is 4.90 Å². The van der Waals surface area contributed by atoms with Gasteiger partial charge in [0.05, 0.1) is 10.9 Å². The van der Waals surface area contributed by atoms with E-state index in [2.05, 4.69) is 59.5 Å². The van der Waals surface area contributed by atoms with E-state index in [1.165, 1.54) is 10.5 Å². The molecule has 0 bridgehead atoms. The van der Waals surface area contributed by atoms with Crippen LogP contribution in [-0.2, 0) is 6.54 Å². The average molecular weight is 345 g/mol. The summed E-state index contributed by atoms with van der Waals surface area (Å²) in [5.74, 6) is 1.32. The smallest absolute Gasteiger partial charge is 0.244 e. The van der Waals surface area contributed by atoms with Crippen LogP contribution in [0.3, 0.4) is 0 Å². The van der Waals surface area contributed by atoms with Gasteiger partial charge in [0.15, 0.2) is 0 Å². The van der Waals surface area contributed by atoms with Gasteiger partial charge in [-0.25, -0.2) is 0 Å². The van der Waals surface area contributed by atoms with Gasteiger partial charge in [0.1, 0.15) is 0 Å². The molecular weight excluding hydrogens is 326 g/mol. The van der Waals surface area contributed by atoms with E-state index < -0.39 is 0 Å². The summed E-state index contributed by atoms with van der Waals surface area (Å²) in [7, 11) is 2.07. The van der Waals surface area contributed by atoms with E-state index >= 15 is 0 Å². The van der Waals surface area contributed by atoms with Crippen LogP contribution < -0.4 is 0 Å². The first kappa shape index (κ1) is 16.2. The third-order valence-corrected chi connectivity index (χ3v) is 5.40. The summed E-state index contributed by atoms with van der Waals surface area (Å²) >= 11 is 3.37. The molecule has 3 rings (SSSR count). The number of thiophene rings is 1. The molecule has 2 heterocycles. The van der Waals surface area contributed by atoms with E-state index in [9.17, 15) is 0 Å². The molecule has 2 aromatic heterocycles. The number of rotatable bonds is 6. The standard InChI is InChI=1S/C17H19N3OS2/c1-12(17-18-16(19-21-17)15-5-4-10-23-15)20(2)11-13-6-8-14(22-3)9-7-13/h4-10,12H,11H2,1-3H3. The molecule has 4 nitrogen and oxygen atoms in total. The van der Waals surface area contributed by atoms with Crippen LogP contribution in [-0.4, -0.2) is 28.3 Å². The maximum absolute atomic E-state index is 5.45. The highest BCUT2D eigenvalue weighted by Crippen LogP contribution is 2.25. The number of nitrogens with zero attached hydrogens (tertiary/aromatic N) is 3. The molecule has 0 saturated carbocycles. The minimum absolute atomic E-state index is 0.0661. The normalized spacial score (nSPS) is 12.7. The summed E-state index contributed by atoms with van der Waals surface area (Å²) in [4.78, 5) is 9.05. The Labute approximate surface area is 144 Å². The molecule has 0 amide bonds. The van der Waals surface area contributed by atoms with Crippen LogP contribution in [0, 0.1) is 0 Å². The lowest BCUT2D eigenvalue weighted by atomic mass is 10.2. The Morgan fingerprint density at radius 2 is 2.04 bits per heavy atom. The lowest BCUT2D eigenvalue weighted by molar-refractivity contribution is 0.202. The van der Waals surface area contributed by atoms with Crippen molar-refractivity contribution in [2.24, 2.45) is 0 Å². The molecule has 1 atom stereocenters. The fourth-order valence-electron chi connectivity index (χ4n) is 2.26. The van der Waals surface area contributed by atoms with Crippen molar-refractivity contribution >= 4 is 23.1 Å². The van der Waals surface area contributed by atoms with Crippen molar-refractivity contribution < 1.29 is 4.52 Å². The van der Waals surface area contributed by atoms with E-state index in [0.717, 1.165) is 11.4 Å². The lowest BCUT2D eigenvalue weighted by Crippen LogP contribution is -2.22. The van der Waals surface area contributed by atoms with E-state index in [1.54, 1.807) is 23.1 Å². The van der Waals surface area contributed by atoms with Gasteiger partial charge in [0, 0.05) is 11.4 Å². The van der Waals surface area contributed by atoms with Crippen molar-refractivity contribution in [2.75, 3.05) is 13.3 Å². The van der Waals surface area contributed by atoms with Crippen molar-refractivity contribution in [3.05, 3.63) is 53.2 Å². The van der Waals surface area contributed by atoms with Crippen molar-refractivity contribution in [3.8, 4) is 10.7 Å². The number of benzene rings is 1. The van der Waals surface area contributed by atoms with Gasteiger partial charge in [-0.05, 0) is 49.4 Å². The zero-order chi connectivity index (χ0) is 16.2. The Morgan fingerprint density at radius 3 is 2.70 bits per heavy atom. The second-order valence-electron chi connectivity index (χ2n) is 5.37. The molecule has 0 aliphatic heterocycles. The maximum Gasteiger partial charge on any atom is 0.244 e. The average Bonchev–Trinajstić information content (AvgIpc) is 3.26. The first-order valence-corrected chi connectivity index (χ1v) is 9.48. The van der Waals surface area contributed by atoms with Gasteiger partial charge in [0.25, 0.3) is 0 Å². The minimum atomic E-state index is 0.0661. The van der Waals surface area contributed by atoms with Crippen LogP contribution in [0.5, 0.6) is 0 Å². The summed E-state index contributed by atoms with van der Waals surface area (Å²) in [6.45, 7) is 2.93. The molecule has 0 aliphatic carbocycles. The highest BCUT2D eigenvalue weighted by molar-refractivity contribution is 7.98. The van der Waals surface area contributed by atoms with E-state index in [0.29, 0.717) is 11.7 Å². The monoisotopic (exact) mass is 345 g/mol. The molecule has 0 fully saturated rings. The van der Waals surface area contributed by atoms with Crippen LogP contribution in [0.2, 0.25) is 0 Å². The second kappa shape index (κ2) is 7.29. The largest absolute Gasteiger partial charge is 0.337 e. The van der Waals surface area contributed by atoms with Crippen LogP contribution >= 0.6 is 23.1 Å². The molecule has 0 N–H and O–H groups in total. The van der Waals surface area contributed by atoms with Crippen molar-refractivity contribution in [3.63, 3.8) is 0 Å². The summed E-state index contributed by atoms with van der Waals surface area (Å²) in [5, 5.41) is 6.10. The van der Waals surface area contributed by atoms with Gasteiger partial charge in [-0.15, -0.1) is 23.1 Å². The Morgan fingerprint density at radius 1 is 1.26 bits per heavy atom. The molecule has 0 spiro atoms. The fourth-order valence-corrected chi connectivity index (χ4v) is 3.31. The van der Waals surface area contributed by atoms with E-state index in [-0.39, 0.29) is 6.04 Å². The molecule has 0 aliphatic rings. The van der Waals surface area contributed by atoms with E-state index in [4.69, 9.17) is 4.52 Å². The second-order valence-corrected chi connectivity index (χ2v) is 7.20. The third-order valence-electron chi connectivity index (χ3n) is 3.79. The molecule has 3 aromatic rings. The lowest BCUT2D eigenvalue weighted by Gasteiger charge is -2.21. The van der Waals surface area contributed by atoms with Gasteiger partial charge in [0.2, 0.25) is 11.7 Å². The number of hydrogen-bond acceptors (Lipinski definition) is 6. The summed E-state index contributed by atoms with van der Waals surface area (Å²) in [6.07, 6.45) is 2.09. The van der Waals surface area contributed by atoms with Gasteiger partial charge in [-0.2, -0.15) is 4.98 Å². The number of aromatic nitrogens is 2. The van der Waals surface area contributed by atoms with Crippen LogP contribution in [0.25, 0.3) is 10.7 Å². The quantitative estimate of drug-likeness (QED) is 0.605. The van der Waals surface area contributed by atoms with Gasteiger partial charge < -0.3 is 4.52 Å². The van der Waals surface area contributed by atoms with Crippen LogP contribution in [0.1, 0.15) is 24.4 Å². The van der Waals surface area contributed by atoms with E-state index in [1.807, 2.05) is 17.5 Å². The molecule has 0 radical (unpaired) electrons. The SMILES string of the molecule is CSc1ccc(CN(C)C(C)c2nc(-c3cccs3)no2)cc1. The minimum Gasteiger partial charge on any atom is -0.337 e. The molecule has 6 heteroatoms. The predicted molar refractivity (Wildman–Crippen MR) is 95.7 cm³/mol. The van der Waals surface area contributed by atoms with Crippen molar-refractivity contribution in [1.29, 1.82) is 0 Å². The Kier molecular flexibility index (Phi) is 5.15. The zero-order valence-electron chi connectivity index (χ0n) is 13.4. The van der Waals surface area contributed by atoms with Crippen molar-refractivity contribution in [2.45, 2.75) is 24.4 Å². The molecule has 1 unspecified atom stereocenters. The fraction of sp³-hybridized carbons (Fsp3) is 0.294. The Bertz CT molecular complexity index is 738. The van der Waals surface area contributed by atoms with Gasteiger partial charge >= 0.3 is 0 Å². The molecule has 23 heavy (non-hydrogen) atoms. The predicted octanol–water partition coefficient (Wildman–Crippen LogP) is 4.71. The summed E-state index contributed by atoms with van der Waals surface area (Å²) < 4.78 is 5.45. The Hall–Kier alpha value is -1.63. The first-order valence-electron chi connectivity index (χ1n) is 7.38.